The number of carbonyl (C=O) groups excluding carboxylic acids is 1. The Morgan fingerprint density at radius 2 is 1.68 bits per heavy atom. The number of hydrogen-bond donors (Lipinski definition) is 0. The van der Waals surface area contributed by atoms with Gasteiger partial charge in [0.2, 0.25) is 0 Å². The molecule has 0 bridgehead atoms. The largest absolute Gasteiger partial charge is 0.306 e. The SMILES string of the molecule is O=Cc1ccc(-c2cn(-c3ccccc3)cn2)cc1. The van der Waals surface area contributed by atoms with Gasteiger partial charge in [-0.3, -0.25) is 4.79 Å². The predicted molar refractivity (Wildman–Crippen MR) is 74.4 cm³/mol. The van der Waals surface area contributed by atoms with Crippen molar-refractivity contribution < 1.29 is 4.79 Å². The first-order chi connectivity index (χ1) is 9.36. The van der Waals surface area contributed by atoms with E-state index in [1.54, 1.807) is 18.5 Å². The maximum Gasteiger partial charge on any atom is 0.150 e. The van der Waals surface area contributed by atoms with Gasteiger partial charge in [-0.25, -0.2) is 4.98 Å². The van der Waals surface area contributed by atoms with Crippen molar-refractivity contribution in [3.8, 4) is 16.9 Å². The molecule has 0 aliphatic heterocycles. The Morgan fingerprint density at radius 1 is 0.947 bits per heavy atom. The fourth-order valence-corrected chi connectivity index (χ4v) is 1.95. The lowest BCUT2D eigenvalue weighted by atomic mass is 10.1. The Morgan fingerprint density at radius 3 is 2.37 bits per heavy atom. The third-order valence-corrected chi connectivity index (χ3v) is 2.98. The van der Waals surface area contributed by atoms with E-state index in [1.165, 1.54) is 0 Å². The zero-order chi connectivity index (χ0) is 13.1. The fraction of sp³-hybridized carbons (Fsp3) is 0. The molecule has 3 aromatic rings. The van der Waals surface area contributed by atoms with Crippen LogP contribution in [0, 0.1) is 0 Å². The highest BCUT2D eigenvalue weighted by molar-refractivity contribution is 5.76. The van der Waals surface area contributed by atoms with E-state index < -0.39 is 0 Å². The van der Waals surface area contributed by atoms with Crippen LogP contribution in [0.5, 0.6) is 0 Å². The molecule has 0 aliphatic carbocycles. The molecule has 1 aromatic heterocycles. The van der Waals surface area contributed by atoms with Crippen LogP contribution in [0.25, 0.3) is 16.9 Å². The first-order valence-electron chi connectivity index (χ1n) is 6.02. The molecule has 0 spiro atoms. The summed E-state index contributed by atoms with van der Waals surface area (Å²) in [5.41, 5.74) is 3.64. The topological polar surface area (TPSA) is 34.9 Å². The molecular formula is C16H12N2O. The summed E-state index contributed by atoms with van der Waals surface area (Å²) < 4.78 is 1.98. The van der Waals surface area contributed by atoms with Crippen LogP contribution in [-0.2, 0) is 0 Å². The number of hydrogen-bond acceptors (Lipinski definition) is 2. The summed E-state index contributed by atoms with van der Waals surface area (Å²) in [7, 11) is 0. The summed E-state index contributed by atoms with van der Waals surface area (Å²) in [6, 6.07) is 17.4. The van der Waals surface area contributed by atoms with E-state index in [2.05, 4.69) is 4.98 Å². The molecule has 3 nitrogen and oxygen atoms in total. The minimum absolute atomic E-state index is 0.672. The summed E-state index contributed by atoms with van der Waals surface area (Å²) in [4.78, 5) is 15.0. The number of carbonyl (C=O) groups is 1. The van der Waals surface area contributed by atoms with E-state index in [0.717, 1.165) is 23.2 Å². The third-order valence-electron chi connectivity index (χ3n) is 2.98. The van der Waals surface area contributed by atoms with Gasteiger partial charge in [0.15, 0.2) is 0 Å². The van der Waals surface area contributed by atoms with Gasteiger partial charge >= 0.3 is 0 Å². The molecule has 0 radical (unpaired) electrons. The summed E-state index contributed by atoms with van der Waals surface area (Å²) >= 11 is 0. The maximum absolute atomic E-state index is 10.6. The lowest BCUT2D eigenvalue weighted by Crippen LogP contribution is -1.87. The highest BCUT2D eigenvalue weighted by atomic mass is 16.1. The number of aldehydes is 1. The standard InChI is InChI=1S/C16H12N2O/c19-11-13-6-8-14(9-7-13)16-10-18(12-17-16)15-4-2-1-3-5-15/h1-12H. The molecule has 0 aliphatic rings. The second kappa shape index (κ2) is 4.90. The fourth-order valence-electron chi connectivity index (χ4n) is 1.95. The number of imidazole rings is 1. The van der Waals surface area contributed by atoms with Crippen molar-refractivity contribution in [1.82, 2.24) is 9.55 Å². The molecule has 19 heavy (non-hydrogen) atoms. The minimum atomic E-state index is 0.672. The average molecular weight is 248 g/mol. The third kappa shape index (κ3) is 2.31. The molecule has 92 valence electrons. The molecule has 3 rings (SSSR count). The van der Waals surface area contributed by atoms with Gasteiger partial charge in [-0.15, -0.1) is 0 Å². The van der Waals surface area contributed by atoms with Crippen molar-refractivity contribution in [3.63, 3.8) is 0 Å². The van der Waals surface area contributed by atoms with Gasteiger partial charge in [-0.2, -0.15) is 0 Å². The van der Waals surface area contributed by atoms with Gasteiger partial charge in [0.05, 0.1) is 12.0 Å². The molecule has 0 unspecified atom stereocenters. The minimum Gasteiger partial charge on any atom is -0.306 e. The van der Waals surface area contributed by atoms with Crippen molar-refractivity contribution >= 4 is 6.29 Å². The van der Waals surface area contributed by atoms with Crippen LogP contribution >= 0.6 is 0 Å². The molecule has 0 atom stereocenters. The van der Waals surface area contributed by atoms with Gasteiger partial charge in [0, 0.05) is 23.0 Å². The Balaban J connectivity index is 1.94. The van der Waals surface area contributed by atoms with Gasteiger partial charge in [0.1, 0.15) is 6.29 Å². The highest BCUT2D eigenvalue weighted by Gasteiger charge is 2.03. The van der Waals surface area contributed by atoms with Gasteiger partial charge < -0.3 is 4.57 Å². The van der Waals surface area contributed by atoms with Crippen LogP contribution in [0.15, 0.2) is 67.1 Å². The summed E-state index contributed by atoms with van der Waals surface area (Å²) in [6.45, 7) is 0. The number of aromatic nitrogens is 2. The molecule has 3 heteroatoms. The zero-order valence-electron chi connectivity index (χ0n) is 10.2. The van der Waals surface area contributed by atoms with Crippen LogP contribution < -0.4 is 0 Å². The van der Waals surface area contributed by atoms with Gasteiger partial charge in [0.25, 0.3) is 0 Å². The maximum atomic E-state index is 10.6. The van der Waals surface area contributed by atoms with E-state index >= 15 is 0 Å². The average Bonchev–Trinajstić information content (AvgIpc) is 2.98. The number of rotatable bonds is 3. The van der Waals surface area contributed by atoms with Crippen molar-refractivity contribution in [2.24, 2.45) is 0 Å². The molecule has 0 saturated carbocycles. The molecule has 0 saturated heterocycles. The van der Waals surface area contributed by atoms with E-state index in [1.807, 2.05) is 53.2 Å². The van der Waals surface area contributed by atoms with Crippen molar-refractivity contribution in [2.45, 2.75) is 0 Å². The summed E-state index contributed by atoms with van der Waals surface area (Å²) in [5, 5.41) is 0. The first-order valence-corrected chi connectivity index (χ1v) is 6.02. The van der Waals surface area contributed by atoms with E-state index in [-0.39, 0.29) is 0 Å². The van der Waals surface area contributed by atoms with Crippen molar-refractivity contribution in [2.75, 3.05) is 0 Å². The Hall–Kier alpha value is -2.68. The first kappa shape index (κ1) is 11.4. The molecular weight excluding hydrogens is 236 g/mol. The predicted octanol–water partition coefficient (Wildman–Crippen LogP) is 3.35. The number of benzene rings is 2. The normalized spacial score (nSPS) is 10.3. The quantitative estimate of drug-likeness (QED) is 0.666. The van der Waals surface area contributed by atoms with Gasteiger partial charge in [-0.05, 0) is 12.1 Å². The van der Waals surface area contributed by atoms with Crippen molar-refractivity contribution in [3.05, 3.63) is 72.7 Å². The van der Waals surface area contributed by atoms with Crippen LogP contribution in [0.4, 0.5) is 0 Å². The Bertz CT molecular complexity index is 684. The molecule has 0 fully saturated rings. The lowest BCUT2D eigenvalue weighted by Gasteiger charge is -2.00. The zero-order valence-corrected chi connectivity index (χ0v) is 10.2. The smallest absolute Gasteiger partial charge is 0.150 e. The molecule has 0 N–H and O–H groups in total. The highest BCUT2D eigenvalue weighted by Crippen LogP contribution is 2.19. The lowest BCUT2D eigenvalue weighted by molar-refractivity contribution is 0.112. The molecule has 0 amide bonds. The Kier molecular flexibility index (Phi) is 2.94. The van der Waals surface area contributed by atoms with Crippen LogP contribution in [0.1, 0.15) is 10.4 Å². The Labute approximate surface area is 111 Å². The van der Waals surface area contributed by atoms with Crippen molar-refractivity contribution in [1.29, 1.82) is 0 Å². The summed E-state index contributed by atoms with van der Waals surface area (Å²) in [5.74, 6) is 0. The van der Waals surface area contributed by atoms with Crippen LogP contribution in [0.3, 0.4) is 0 Å². The monoisotopic (exact) mass is 248 g/mol. The number of para-hydroxylation sites is 1. The van der Waals surface area contributed by atoms with E-state index in [4.69, 9.17) is 0 Å². The molecule has 2 aromatic carbocycles. The second-order valence-corrected chi connectivity index (χ2v) is 4.24. The second-order valence-electron chi connectivity index (χ2n) is 4.24. The van der Waals surface area contributed by atoms with Crippen LogP contribution in [0.2, 0.25) is 0 Å². The molecule has 1 heterocycles. The number of nitrogens with zero attached hydrogens (tertiary/aromatic N) is 2. The van der Waals surface area contributed by atoms with E-state index in [9.17, 15) is 4.79 Å². The van der Waals surface area contributed by atoms with Gasteiger partial charge in [-0.1, -0.05) is 42.5 Å². The summed E-state index contributed by atoms with van der Waals surface area (Å²) in [6.07, 6.45) is 4.61. The van der Waals surface area contributed by atoms with Crippen LogP contribution in [-0.4, -0.2) is 15.8 Å². The van der Waals surface area contributed by atoms with E-state index in [0.29, 0.717) is 5.56 Å².